The van der Waals surface area contributed by atoms with Crippen LogP contribution in [-0.4, -0.2) is 32.2 Å². The number of carbonyl (C=O) groups is 1. The van der Waals surface area contributed by atoms with Crippen molar-refractivity contribution >= 4 is 22.6 Å². The zero-order valence-corrected chi connectivity index (χ0v) is 13.4. The first-order valence-electron chi connectivity index (χ1n) is 8.02. The van der Waals surface area contributed by atoms with Gasteiger partial charge in [-0.2, -0.15) is 0 Å². The number of nitrogens with zero attached hydrogens (tertiary/aromatic N) is 3. The van der Waals surface area contributed by atoms with Gasteiger partial charge in [0.2, 0.25) is 0 Å². The Hall–Kier alpha value is -2.89. The fraction of sp³-hybridized carbons (Fsp3) is 0.278. The zero-order chi connectivity index (χ0) is 16.8. The van der Waals surface area contributed by atoms with Crippen LogP contribution in [0.2, 0.25) is 0 Å². The summed E-state index contributed by atoms with van der Waals surface area (Å²) < 4.78 is 2.06. The molecule has 0 bridgehead atoms. The van der Waals surface area contributed by atoms with Crippen LogP contribution in [0.4, 0.5) is 5.69 Å². The van der Waals surface area contributed by atoms with Crippen molar-refractivity contribution in [2.75, 3.05) is 11.9 Å². The summed E-state index contributed by atoms with van der Waals surface area (Å²) in [6.07, 6.45) is 7.56. The average Bonchev–Trinajstić information content (AvgIpc) is 3.07. The summed E-state index contributed by atoms with van der Waals surface area (Å²) in [4.78, 5) is 19.4. The second-order valence-electron chi connectivity index (χ2n) is 5.68. The number of hydrogen-bond acceptors (Lipinski definition) is 4. The number of benzene rings is 1. The van der Waals surface area contributed by atoms with Crippen LogP contribution in [0.15, 0.2) is 49.1 Å². The molecule has 24 heavy (non-hydrogen) atoms. The number of imidazole rings is 1. The Kier molecular flexibility index (Phi) is 5.05. The number of para-hydroxylation sites is 1. The van der Waals surface area contributed by atoms with Crippen LogP contribution in [0.25, 0.3) is 10.9 Å². The van der Waals surface area contributed by atoms with Gasteiger partial charge in [-0.25, -0.2) is 4.98 Å². The predicted molar refractivity (Wildman–Crippen MR) is 93.0 cm³/mol. The number of carboxylic acids is 1. The highest BCUT2D eigenvalue weighted by Crippen LogP contribution is 2.23. The first kappa shape index (κ1) is 16.0. The number of carboxylic acid groups (broad SMARTS) is 1. The lowest BCUT2D eigenvalue weighted by molar-refractivity contribution is -0.136. The van der Waals surface area contributed by atoms with Gasteiger partial charge in [-0.05, 0) is 25.0 Å². The molecule has 3 aromatic rings. The van der Waals surface area contributed by atoms with E-state index < -0.39 is 5.97 Å². The van der Waals surface area contributed by atoms with Gasteiger partial charge >= 0.3 is 5.97 Å². The molecule has 2 N–H and O–H groups in total. The number of aliphatic carboxylic acids is 1. The molecule has 2 aromatic heterocycles. The van der Waals surface area contributed by atoms with Gasteiger partial charge in [-0.15, -0.1) is 0 Å². The summed E-state index contributed by atoms with van der Waals surface area (Å²) >= 11 is 0. The number of nitrogens with one attached hydrogen (secondary N) is 1. The molecule has 0 aliphatic rings. The molecular formula is C18H20N4O2. The van der Waals surface area contributed by atoms with Gasteiger partial charge in [0, 0.05) is 36.6 Å². The SMILES string of the molecule is O=C(O)Cc1cc(NCCCCn2ccnc2)c2ccccc2n1. The maximum Gasteiger partial charge on any atom is 0.309 e. The summed E-state index contributed by atoms with van der Waals surface area (Å²) in [5.41, 5.74) is 2.33. The van der Waals surface area contributed by atoms with Crippen molar-refractivity contribution < 1.29 is 9.90 Å². The second kappa shape index (κ2) is 7.59. The van der Waals surface area contributed by atoms with E-state index in [2.05, 4.69) is 19.9 Å². The molecule has 2 heterocycles. The van der Waals surface area contributed by atoms with E-state index in [4.69, 9.17) is 5.11 Å². The third-order valence-electron chi connectivity index (χ3n) is 3.82. The smallest absolute Gasteiger partial charge is 0.309 e. The van der Waals surface area contributed by atoms with Crippen molar-refractivity contribution in [3.63, 3.8) is 0 Å². The maximum absolute atomic E-state index is 11.0. The average molecular weight is 324 g/mol. The molecule has 0 unspecified atom stereocenters. The van der Waals surface area contributed by atoms with E-state index >= 15 is 0 Å². The van der Waals surface area contributed by atoms with Crippen LogP contribution in [0, 0.1) is 0 Å². The first-order chi connectivity index (χ1) is 11.7. The van der Waals surface area contributed by atoms with E-state index in [1.807, 2.05) is 42.9 Å². The first-order valence-corrected chi connectivity index (χ1v) is 8.02. The highest BCUT2D eigenvalue weighted by Gasteiger charge is 2.08. The fourth-order valence-corrected chi connectivity index (χ4v) is 2.68. The number of aryl methyl sites for hydroxylation is 1. The maximum atomic E-state index is 11.0. The van der Waals surface area contributed by atoms with Gasteiger partial charge in [0.15, 0.2) is 0 Å². The molecular weight excluding hydrogens is 304 g/mol. The van der Waals surface area contributed by atoms with Crippen molar-refractivity contribution in [2.24, 2.45) is 0 Å². The zero-order valence-electron chi connectivity index (χ0n) is 13.4. The number of aromatic nitrogens is 3. The largest absolute Gasteiger partial charge is 0.481 e. The number of anilines is 1. The number of fused-ring (bicyclic) bond motifs is 1. The Morgan fingerprint density at radius 1 is 1.25 bits per heavy atom. The minimum atomic E-state index is -0.871. The van der Waals surface area contributed by atoms with E-state index in [1.54, 1.807) is 6.20 Å². The Bertz CT molecular complexity index is 815. The second-order valence-corrected chi connectivity index (χ2v) is 5.68. The van der Waals surface area contributed by atoms with E-state index in [0.717, 1.165) is 42.5 Å². The standard InChI is InChI=1S/C18H20N4O2/c23-18(24)12-14-11-17(15-5-1-2-6-16(15)21-14)20-7-3-4-9-22-10-8-19-13-22/h1-2,5-6,8,10-11,13H,3-4,7,9,12H2,(H,20,21)(H,23,24). The summed E-state index contributed by atoms with van der Waals surface area (Å²) in [5.74, 6) is -0.871. The third kappa shape index (κ3) is 4.10. The summed E-state index contributed by atoms with van der Waals surface area (Å²) in [6, 6.07) is 9.62. The molecule has 124 valence electrons. The minimum absolute atomic E-state index is 0.0693. The van der Waals surface area contributed by atoms with Crippen LogP contribution >= 0.6 is 0 Å². The van der Waals surface area contributed by atoms with Crippen molar-refractivity contribution in [1.29, 1.82) is 0 Å². The molecule has 0 saturated carbocycles. The summed E-state index contributed by atoms with van der Waals surface area (Å²) in [6.45, 7) is 1.78. The van der Waals surface area contributed by atoms with Gasteiger partial charge in [-0.1, -0.05) is 18.2 Å². The van der Waals surface area contributed by atoms with E-state index in [0.29, 0.717) is 5.69 Å². The van der Waals surface area contributed by atoms with Gasteiger partial charge < -0.3 is 15.0 Å². The quantitative estimate of drug-likeness (QED) is 0.623. The van der Waals surface area contributed by atoms with Gasteiger partial charge in [-0.3, -0.25) is 9.78 Å². The Labute approximate surface area is 140 Å². The minimum Gasteiger partial charge on any atom is -0.481 e. The molecule has 1 aromatic carbocycles. The van der Waals surface area contributed by atoms with E-state index in [9.17, 15) is 4.79 Å². The monoisotopic (exact) mass is 324 g/mol. The lowest BCUT2D eigenvalue weighted by Gasteiger charge is -2.11. The molecule has 0 atom stereocenters. The van der Waals surface area contributed by atoms with Crippen LogP contribution in [0.3, 0.4) is 0 Å². The highest BCUT2D eigenvalue weighted by atomic mass is 16.4. The number of rotatable bonds is 8. The molecule has 0 fully saturated rings. The lowest BCUT2D eigenvalue weighted by Crippen LogP contribution is -2.07. The third-order valence-corrected chi connectivity index (χ3v) is 3.82. The highest BCUT2D eigenvalue weighted by molar-refractivity contribution is 5.91. The molecule has 3 rings (SSSR count). The normalized spacial score (nSPS) is 10.8. The summed E-state index contributed by atoms with van der Waals surface area (Å²) in [7, 11) is 0. The van der Waals surface area contributed by atoms with Crippen molar-refractivity contribution in [2.45, 2.75) is 25.8 Å². The molecule has 0 aliphatic heterocycles. The van der Waals surface area contributed by atoms with Gasteiger partial charge in [0.25, 0.3) is 0 Å². The lowest BCUT2D eigenvalue weighted by atomic mass is 10.1. The van der Waals surface area contributed by atoms with Crippen LogP contribution < -0.4 is 5.32 Å². The van der Waals surface area contributed by atoms with Crippen molar-refractivity contribution in [3.8, 4) is 0 Å². The van der Waals surface area contributed by atoms with Crippen molar-refractivity contribution in [1.82, 2.24) is 14.5 Å². The number of pyridine rings is 1. The molecule has 0 saturated heterocycles. The Balaban J connectivity index is 1.64. The molecule has 0 aliphatic carbocycles. The van der Waals surface area contributed by atoms with E-state index in [-0.39, 0.29) is 6.42 Å². The van der Waals surface area contributed by atoms with Crippen LogP contribution in [0.5, 0.6) is 0 Å². The molecule has 6 nitrogen and oxygen atoms in total. The van der Waals surface area contributed by atoms with Gasteiger partial charge in [0.1, 0.15) is 0 Å². The topological polar surface area (TPSA) is 80.0 Å². The molecule has 0 amide bonds. The van der Waals surface area contributed by atoms with Gasteiger partial charge in [0.05, 0.1) is 24.0 Å². The van der Waals surface area contributed by atoms with E-state index in [1.165, 1.54) is 0 Å². The predicted octanol–water partition coefficient (Wildman–Crippen LogP) is 2.95. The molecule has 0 spiro atoms. The van der Waals surface area contributed by atoms with Crippen molar-refractivity contribution in [3.05, 3.63) is 54.7 Å². The van der Waals surface area contributed by atoms with Crippen LogP contribution in [-0.2, 0) is 17.8 Å². The number of unbranched alkanes of at least 4 members (excludes halogenated alkanes) is 1. The molecule has 6 heteroatoms. The molecule has 0 radical (unpaired) electrons. The fourth-order valence-electron chi connectivity index (χ4n) is 2.68. The Morgan fingerprint density at radius 2 is 2.12 bits per heavy atom. The van der Waals surface area contributed by atoms with Crippen LogP contribution in [0.1, 0.15) is 18.5 Å². The summed E-state index contributed by atoms with van der Waals surface area (Å²) in [5, 5.41) is 13.4. The Morgan fingerprint density at radius 3 is 2.92 bits per heavy atom. The number of hydrogen-bond donors (Lipinski definition) is 2.